The van der Waals surface area contributed by atoms with Crippen LogP contribution in [-0.2, 0) is 10.0 Å². The second-order valence-electron chi connectivity index (χ2n) is 3.66. The first-order valence-electron chi connectivity index (χ1n) is 4.65. The minimum Gasteiger partial charge on any atom is -0.392 e. The first-order chi connectivity index (χ1) is 7.25. The van der Waals surface area contributed by atoms with Crippen molar-refractivity contribution in [3.05, 3.63) is 15.4 Å². The normalized spacial score (nSPS) is 14.4. The summed E-state index contributed by atoms with van der Waals surface area (Å²) in [4.78, 5) is 0. The Hall–Kier alpha value is 0.0500. The van der Waals surface area contributed by atoms with E-state index in [0.29, 0.717) is 4.21 Å². The van der Waals surface area contributed by atoms with E-state index in [1.165, 1.54) is 18.4 Å². The lowest BCUT2D eigenvalue weighted by Crippen LogP contribution is -2.32. The number of halogens is 1. The molecule has 0 radical (unpaired) electrons. The number of hydrogen-bond donors (Lipinski definition) is 1. The number of thiophene rings is 1. The van der Waals surface area contributed by atoms with Gasteiger partial charge in [0.25, 0.3) is 10.0 Å². The minimum absolute atomic E-state index is 0.0941. The summed E-state index contributed by atoms with van der Waals surface area (Å²) < 4.78 is 26.3. The van der Waals surface area contributed by atoms with Gasteiger partial charge in [0.2, 0.25) is 0 Å². The van der Waals surface area contributed by atoms with Crippen LogP contribution < -0.4 is 0 Å². The number of sulfonamides is 1. The van der Waals surface area contributed by atoms with E-state index in [4.69, 9.17) is 0 Å². The summed E-state index contributed by atoms with van der Waals surface area (Å²) in [5.41, 5.74) is 0.897. The molecule has 0 aliphatic rings. The highest BCUT2D eigenvalue weighted by Gasteiger charge is 2.24. The maximum atomic E-state index is 12.0. The van der Waals surface area contributed by atoms with E-state index >= 15 is 0 Å². The number of aliphatic hydroxyl groups is 1. The summed E-state index contributed by atoms with van der Waals surface area (Å²) in [5.74, 6) is 0. The maximum absolute atomic E-state index is 12.0. The number of likely N-dealkylation sites (N-methyl/N-ethyl adjacent to an activating group) is 1. The van der Waals surface area contributed by atoms with Crippen molar-refractivity contribution in [1.29, 1.82) is 0 Å². The monoisotopic (exact) mass is 327 g/mol. The quantitative estimate of drug-likeness (QED) is 0.917. The van der Waals surface area contributed by atoms with Crippen LogP contribution in [0.5, 0.6) is 0 Å². The molecule has 92 valence electrons. The van der Waals surface area contributed by atoms with Crippen LogP contribution in [0, 0.1) is 6.92 Å². The molecule has 0 spiro atoms. The second-order valence-corrected chi connectivity index (χ2v) is 8.30. The molecule has 0 aromatic carbocycles. The third-order valence-electron chi connectivity index (χ3n) is 2.02. The number of rotatable bonds is 4. The van der Waals surface area contributed by atoms with Gasteiger partial charge in [-0.25, -0.2) is 8.42 Å². The van der Waals surface area contributed by atoms with E-state index in [0.717, 1.165) is 13.7 Å². The van der Waals surface area contributed by atoms with Crippen LogP contribution in [0.4, 0.5) is 0 Å². The average molecular weight is 328 g/mol. The van der Waals surface area contributed by atoms with Gasteiger partial charge in [0.05, 0.1) is 9.89 Å². The molecule has 0 amide bonds. The van der Waals surface area contributed by atoms with E-state index in [2.05, 4.69) is 15.9 Å². The van der Waals surface area contributed by atoms with Crippen LogP contribution in [0.1, 0.15) is 12.5 Å². The molecule has 1 atom stereocenters. The number of aliphatic hydroxyl groups excluding tert-OH is 1. The zero-order valence-corrected chi connectivity index (χ0v) is 12.5. The van der Waals surface area contributed by atoms with Gasteiger partial charge in [-0.1, -0.05) is 0 Å². The first-order valence-corrected chi connectivity index (χ1v) is 7.70. The van der Waals surface area contributed by atoms with Crippen LogP contribution in [0.2, 0.25) is 0 Å². The van der Waals surface area contributed by atoms with Crippen LogP contribution in [-0.4, -0.2) is 37.5 Å². The van der Waals surface area contributed by atoms with Gasteiger partial charge < -0.3 is 5.11 Å². The van der Waals surface area contributed by atoms with Crippen LogP contribution in [0.3, 0.4) is 0 Å². The summed E-state index contributed by atoms with van der Waals surface area (Å²) in [6, 6.07) is 1.63. The predicted molar refractivity (Wildman–Crippen MR) is 68.3 cm³/mol. The van der Waals surface area contributed by atoms with E-state index in [9.17, 15) is 13.5 Å². The van der Waals surface area contributed by atoms with Crippen LogP contribution >= 0.6 is 27.3 Å². The first kappa shape index (κ1) is 14.1. The molecule has 1 aromatic rings. The van der Waals surface area contributed by atoms with Gasteiger partial charge in [0, 0.05) is 13.6 Å². The van der Waals surface area contributed by atoms with E-state index in [1.54, 1.807) is 13.0 Å². The van der Waals surface area contributed by atoms with Gasteiger partial charge >= 0.3 is 0 Å². The molecule has 0 fully saturated rings. The van der Waals surface area contributed by atoms with Crippen molar-refractivity contribution < 1.29 is 13.5 Å². The van der Waals surface area contributed by atoms with Crippen molar-refractivity contribution in [3.8, 4) is 0 Å². The Bertz CT molecular complexity index is 448. The average Bonchev–Trinajstić information content (AvgIpc) is 2.46. The molecule has 0 aliphatic heterocycles. The molecule has 7 heteroatoms. The van der Waals surface area contributed by atoms with Crippen molar-refractivity contribution in [2.24, 2.45) is 0 Å². The van der Waals surface area contributed by atoms with Gasteiger partial charge in [0.1, 0.15) is 4.21 Å². The molecule has 1 rings (SSSR count). The molecule has 1 heterocycles. The van der Waals surface area contributed by atoms with Crippen molar-refractivity contribution in [1.82, 2.24) is 4.31 Å². The fraction of sp³-hybridized carbons (Fsp3) is 0.556. The van der Waals surface area contributed by atoms with Gasteiger partial charge in [-0.3, -0.25) is 0 Å². The Balaban J connectivity index is 3.02. The lowest BCUT2D eigenvalue weighted by Gasteiger charge is -2.17. The Morgan fingerprint density at radius 3 is 2.56 bits per heavy atom. The highest BCUT2D eigenvalue weighted by Crippen LogP contribution is 2.31. The predicted octanol–water partition coefficient (Wildman–Crippen LogP) is 1.82. The zero-order valence-electron chi connectivity index (χ0n) is 9.27. The molecule has 0 saturated heterocycles. The lowest BCUT2D eigenvalue weighted by molar-refractivity contribution is 0.171. The molecule has 1 N–H and O–H groups in total. The SMILES string of the molecule is Cc1cc(S(=O)(=O)N(C)CC(C)O)sc1Br. The van der Waals surface area contributed by atoms with E-state index < -0.39 is 16.1 Å². The Labute approximate surface area is 108 Å². The molecule has 16 heavy (non-hydrogen) atoms. The fourth-order valence-corrected chi connectivity index (χ4v) is 4.87. The van der Waals surface area contributed by atoms with Crippen molar-refractivity contribution in [2.75, 3.05) is 13.6 Å². The fourth-order valence-electron chi connectivity index (χ4n) is 1.18. The van der Waals surface area contributed by atoms with Gasteiger partial charge in [-0.05, 0) is 41.4 Å². The Morgan fingerprint density at radius 2 is 2.19 bits per heavy atom. The molecule has 0 saturated carbocycles. The summed E-state index contributed by atoms with van der Waals surface area (Å²) >= 11 is 4.48. The molecular weight excluding hydrogens is 314 g/mol. The molecule has 1 unspecified atom stereocenters. The topological polar surface area (TPSA) is 57.6 Å². The van der Waals surface area contributed by atoms with Gasteiger partial charge in [-0.15, -0.1) is 11.3 Å². The summed E-state index contributed by atoms with van der Waals surface area (Å²) in [5, 5.41) is 9.18. The maximum Gasteiger partial charge on any atom is 0.252 e. The zero-order chi connectivity index (χ0) is 12.5. The lowest BCUT2D eigenvalue weighted by atomic mass is 10.4. The molecule has 0 aliphatic carbocycles. The highest BCUT2D eigenvalue weighted by molar-refractivity contribution is 9.11. The summed E-state index contributed by atoms with van der Waals surface area (Å²) in [6.45, 7) is 3.49. The van der Waals surface area contributed by atoms with Crippen molar-refractivity contribution in [3.63, 3.8) is 0 Å². The minimum atomic E-state index is -3.47. The molecular formula is C9H14BrNO3S2. The van der Waals surface area contributed by atoms with Gasteiger partial charge in [0.15, 0.2) is 0 Å². The van der Waals surface area contributed by atoms with Gasteiger partial charge in [-0.2, -0.15) is 4.31 Å². The van der Waals surface area contributed by atoms with Crippen LogP contribution in [0.15, 0.2) is 14.1 Å². The summed E-state index contributed by atoms with van der Waals surface area (Å²) in [7, 11) is -2.01. The number of hydrogen-bond acceptors (Lipinski definition) is 4. The largest absolute Gasteiger partial charge is 0.392 e. The number of nitrogens with zero attached hydrogens (tertiary/aromatic N) is 1. The Kier molecular flexibility index (Phi) is 4.53. The van der Waals surface area contributed by atoms with Crippen molar-refractivity contribution in [2.45, 2.75) is 24.2 Å². The standard InChI is InChI=1S/C9H14BrNO3S2/c1-6-4-8(15-9(6)10)16(13,14)11(3)5-7(2)12/h4,7,12H,5H2,1-3H3. The van der Waals surface area contributed by atoms with E-state index in [1.807, 2.05) is 6.92 Å². The number of aryl methyl sites for hydroxylation is 1. The molecule has 4 nitrogen and oxygen atoms in total. The smallest absolute Gasteiger partial charge is 0.252 e. The van der Waals surface area contributed by atoms with Crippen molar-refractivity contribution >= 4 is 37.3 Å². The Morgan fingerprint density at radius 1 is 1.62 bits per heavy atom. The third-order valence-corrected chi connectivity index (χ3v) is 6.43. The molecule has 0 bridgehead atoms. The summed E-state index contributed by atoms with van der Waals surface area (Å²) in [6.07, 6.45) is -0.677. The van der Waals surface area contributed by atoms with Crippen LogP contribution in [0.25, 0.3) is 0 Å². The molecule has 1 aromatic heterocycles. The highest BCUT2D eigenvalue weighted by atomic mass is 79.9. The second kappa shape index (κ2) is 5.14. The third kappa shape index (κ3) is 3.04. The van der Waals surface area contributed by atoms with E-state index in [-0.39, 0.29) is 6.54 Å².